The number of carbonyl (C=O) groups is 3. The second kappa shape index (κ2) is 10.1. The standard InChI is InChI=1S/C21H25N3O4/c1-14(2)19(20(22)26)24-21(27)17(13-15-7-4-3-5-8-15)23-18(25)11-10-16-9-6-12-28-16/h3-12,14,17,19H,13H2,1-2H3,(H2,22,26)(H,23,25)(H,24,27)/b11-10-/t17-,19-/m0/s1. The number of benzene rings is 1. The van der Waals surface area contributed by atoms with Gasteiger partial charge in [0, 0.05) is 12.5 Å². The summed E-state index contributed by atoms with van der Waals surface area (Å²) in [6.45, 7) is 3.57. The Kier molecular flexibility index (Phi) is 7.56. The van der Waals surface area contributed by atoms with Crippen LogP contribution in [0, 0.1) is 5.92 Å². The highest BCUT2D eigenvalue weighted by atomic mass is 16.3. The summed E-state index contributed by atoms with van der Waals surface area (Å²) in [5.41, 5.74) is 6.25. The van der Waals surface area contributed by atoms with E-state index in [9.17, 15) is 14.4 Å². The van der Waals surface area contributed by atoms with Gasteiger partial charge >= 0.3 is 0 Å². The Bertz CT molecular complexity index is 813. The molecular weight excluding hydrogens is 358 g/mol. The highest BCUT2D eigenvalue weighted by Gasteiger charge is 2.27. The van der Waals surface area contributed by atoms with Crippen molar-refractivity contribution in [2.75, 3.05) is 0 Å². The van der Waals surface area contributed by atoms with Crippen molar-refractivity contribution < 1.29 is 18.8 Å². The molecule has 28 heavy (non-hydrogen) atoms. The third-order valence-corrected chi connectivity index (χ3v) is 4.13. The van der Waals surface area contributed by atoms with Gasteiger partial charge in [0.1, 0.15) is 17.8 Å². The number of furan rings is 1. The van der Waals surface area contributed by atoms with E-state index in [0.717, 1.165) is 5.56 Å². The summed E-state index contributed by atoms with van der Waals surface area (Å²) in [6.07, 6.45) is 4.57. The number of rotatable bonds is 9. The van der Waals surface area contributed by atoms with Gasteiger partial charge in [0.25, 0.3) is 0 Å². The molecule has 1 aromatic heterocycles. The summed E-state index contributed by atoms with van der Waals surface area (Å²) < 4.78 is 5.14. The van der Waals surface area contributed by atoms with Crippen LogP contribution in [0.5, 0.6) is 0 Å². The lowest BCUT2D eigenvalue weighted by molar-refractivity contribution is -0.131. The molecule has 7 heteroatoms. The normalized spacial score (nSPS) is 13.2. The highest BCUT2D eigenvalue weighted by molar-refractivity contribution is 5.96. The molecule has 0 spiro atoms. The van der Waals surface area contributed by atoms with Crippen molar-refractivity contribution >= 4 is 23.8 Å². The third kappa shape index (κ3) is 6.42. The van der Waals surface area contributed by atoms with Gasteiger partial charge in [-0.15, -0.1) is 0 Å². The summed E-state index contributed by atoms with van der Waals surface area (Å²) in [7, 11) is 0. The molecule has 0 radical (unpaired) electrons. The lowest BCUT2D eigenvalue weighted by atomic mass is 10.0. The molecule has 0 fully saturated rings. The van der Waals surface area contributed by atoms with Crippen molar-refractivity contribution in [1.82, 2.24) is 10.6 Å². The van der Waals surface area contributed by atoms with E-state index in [4.69, 9.17) is 10.2 Å². The average molecular weight is 383 g/mol. The van der Waals surface area contributed by atoms with Crippen LogP contribution in [0.3, 0.4) is 0 Å². The summed E-state index contributed by atoms with van der Waals surface area (Å²) in [5, 5.41) is 5.32. The number of hydrogen-bond acceptors (Lipinski definition) is 4. The molecule has 0 bridgehead atoms. The van der Waals surface area contributed by atoms with E-state index in [1.807, 2.05) is 30.3 Å². The maximum atomic E-state index is 12.8. The molecule has 0 aliphatic carbocycles. The Balaban J connectivity index is 2.12. The number of amides is 3. The minimum atomic E-state index is -0.864. The quantitative estimate of drug-likeness (QED) is 0.571. The third-order valence-electron chi connectivity index (χ3n) is 4.13. The smallest absolute Gasteiger partial charge is 0.244 e. The maximum Gasteiger partial charge on any atom is 0.244 e. The van der Waals surface area contributed by atoms with E-state index >= 15 is 0 Å². The van der Waals surface area contributed by atoms with Crippen LogP contribution < -0.4 is 16.4 Å². The zero-order chi connectivity index (χ0) is 20.5. The van der Waals surface area contributed by atoms with Crippen LogP contribution in [0.15, 0.2) is 59.2 Å². The van der Waals surface area contributed by atoms with Gasteiger partial charge in [-0.1, -0.05) is 44.2 Å². The van der Waals surface area contributed by atoms with Crippen molar-refractivity contribution in [3.8, 4) is 0 Å². The van der Waals surface area contributed by atoms with Gasteiger partial charge in [-0.05, 0) is 29.7 Å². The molecule has 2 atom stereocenters. The molecule has 2 aromatic rings. The minimum absolute atomic E-state index is 0.173. The average Bonchev–Trinajstić information content (AvgIpc) is 3.17. The van der Waals surface area contributed by atoms with Crippen LogP contribution in [0.1, 0.15) is 25.2 Å². The van der Waals surface area contributed by atoms with Crippen LogP contribution in [0.2, 0.25) is 0 Å². The Morgan fingerprint density at radius 1 is 1.07 bits per heavy atom. The van der Waals surface area contributed by atoms with E-state index in [0.29, 0.717) is 5.76 Å². The minimum Gasteiger partial charge on any atom is -0.465 e. The van der Waals surface area contributed by atoms with Crippen molar-refractivity contribution in [1.29, 1.82) is 0 Å². The first-order valence-electron chi connectivity index (χ1n) is 9.02. The summed E-state index contributed by atoms with van der Waals surface area (Å²) >= 11 is 0. The monoisotopic (exact) mass is 383 g/mol. The first-order chi connectivity index (χ1) is 13.4. The second-order valence-electron chi connectivity index (χ2n) is 6.73. The topological polar surface area (TPSA) is 114 Å². The largest absolute Gasteiger partial charge is 0.465 e. The highest BCUT2D eigenvalue weighted by Crippen LogP contribution is 2.07. The van der Waals surface area contributed by atoms with E-state index in [-0.39, 0.29) is 12.3 Å². The first-order valence-corrected chi connectivity index (χ1v) is 9.02. The number of nitrogens with one attached hydrogen (secondary N) is 2. The molecule has 4 N–H and O–H groups in total. The van der Waals surface area contributed by atoms with Crippen LogP contribution in [0.25, 0.3) is 6.08 Å². The molecule has 3 amide bonds. The fraction of sp³-hybridized carbons (Fsp3) is 0.286. The zero-order valence-corrected chi connectivity index (χ0v) is 15.9. The molecule has 0 aliphatic rings. The van der Waals surface area contributed by atoms with Gasteiger partial charge < -0.3 is 20.8 Å². The van der Waals surface area contributed by atoms with E-state index in [1.165, 1.54) is 18.4 Å². The number of nitrogens with two attached hydrogens (primary N) is 1. The Morgan fingerprint density at radius 2 is 1.79 bits per heavy atom. The lowest BCUT2D eigenvalue weighted by Crippen LogP contribution is -2.55. The van der Waals surface area contributed by atoms with E-state index in [2.05, 4.69) is 10.6 Å². The Labute approximate surface area is 164 Å². The fourth-order valence-electron chi connectivity index (χ4n) is 2.64. The van der Waals surface area contributed by atoms with Gasteiger partial charge in [0.15, 0.2) is 0 Å². The van der Waals surface area contributed by atoms with Crippen LogP contribution >= 0.6 is 0 Å². The summed E-state index contributed by atoms with van der Waals surface area (Å²) in [5.74, 6) is -1.19. The van der Waals surface area contributed by atoms with E-state index < -0.39 is 29.8 Å². The predicted octanol–water partition coefficient (Wildman–Crippen LogP) is 1.65. The van der Waals surface area contributed by atoms with Crippen molar-refractivity contribution in [3.05, 3.63) is 66.1 Å². The number of carbonyl (C=O) groups excluding carboxylic acids is 3. The van der Waals surface area contributed by atoms with Crippen LogP contribution in [-0.2, 0) is 20.8 Å². The van der Waals surface area contributed by atoms with Gasteiger partial charge in [0.05, 0.1) is 6.26 Å². The Hall–Kier alpha value is -3.35. The predicted molar refractivity (Wildman–Crippen MR) is 106 cm³/mol. The molecule has 0 aliphatic heterocycles. The molecule has 148 valence electrons. The molecule has 0 saturated heterocycles. The van der Waals surface area contributed by atoms with Gasteiger partial charge in [-0.2, -0.15) is 0 Å². The van der Waals surface area contributed by atoms with Gasteiger partial charge in [-0.3, -0.25) is 14.4 Å². The lowest BCUT2D eigenvalue weighted by Gasteiger charge is -2.23. The molecule has 0 unspecified atom stereocenters. The summed E-state index contributed by atoms with van der Waals surface area (Å²) in [4.78, 5) is 36.7. The fourth-order valence-corrected chi connectivity index (χ4v) is 2.64. The number of hydrogen-bond donors (Lipinski definition) is 3. The van der Waals surface area contributed by atoms with Gasteiger partial charge in [-0.25, -0.2) is 0 Å². The van der Waals surface area contributed by atoms with Gasteiger partial charge in [0.2, 0.25) is 17.7 Å². The molecule has 7 nitrogen and oxygen atoms in total. The first kappa shape index (κ1) is 21.0. The second-order valence-corrected chi connectivity index (χ2v) is 6.73. The molecule has 0 saturated carbocycles. The zero-order valence-electron chi connectivity index (χ0n) is 15.9. The molecule has 1 aromatic carbocycles. The SMILES string of the molecule is CC(C)[C@H](NC(=O)[C@H](Cc1ccccc1)NC(=O)/C=C\c1ccco1)C(N)=O. The maximum absolute atomic E-state index is 12.8. The van der Waals surface area contributed by atoms with Crippen LogP contribution in [0.4, 0.5) is 0 Å². The molecule has 1 heterocycles. The Morgan fingerprint density at radius 3 is 2.36 bits per heavy atom. The van der Waals surface area contributed by atoms with Crippen LogP contribution in [-0.4, -0.2) is 29.8 Å². The molecular formula is C21H25N3O4. The number of primary amides is 1. The van der Waals surface area contributed by atoms with E-state index in [1.54, 1.807) is 26.0 Å². The van der Waals surface area contributed by atoms with Crippen molar-refractivity contribution in [2.24, 2.45) is 11.7 Å². The summed E-state index contributed by atoms with van der Waals surface area (Å²) in [6, 6.07) is 11.0. The van der Waals surface area contributed by atoms with Crippen molar-refractivity contribution in [2.45, 2.75) is 32.4 Å². The van der Waals surface area contributed by atoms with Crippen molar-refractivity contribution in [3.63, 3.8) is 0 Å². The molecule has 2 rings (SSSR count).